The summed E-state index contributed by atoms with van der Waals surface area (Å²) in [5.41, 5.74) is 2.38. The molecule has 41 heavy (non-hydrogen) atoms. The average molecular weight is 569 g/mol. The van der Waals surface area contributed by atoms with Crippen LogP contribution in [0.1, 0.15) is 0 Å². The van der Waals surface area contributed by atoms with Crippen LogP contribution >= 0.6 is 15.8 Å². The lowest BCUT2D eigenvalue weighted by Gasteiger charge is -2.20. The number of aromatic nitrogens is 1. The largest absolute Gasteiger partial charge is 0.378 e. The smallest absolute Gasteiger partial charge is 0.0720 e. The Morgan fingerprint density at radius 3 is 1.12 bits per heavy atom. The number of rotatable bonds is 7. The molecule has 5 aromatic carbocycles. The fraction of sp³-hybridized carbons (Fsp3) is 0.0541. The fourth-order valence-corrected chi connectivity index (χ4v) is 9.02. The average Bonchev–Trinajstić information content (AvgIpc) is 3.05. The van der Waals surface area contributed by atoms with Crippen LogP contribution in [0.4, 0.5) is 5.69 Å². The zero-order chi connectivity index (χ0) is 28.3. The summed E-state index contributed by atoms with van der Waals surface area (Å²) in [6, 6.07) is 57.9. The van der Waals surface area contributed by atoms with Crippen molar-refractivity contribution in [3.05, 3.63) is 170 Å². The zero-order valence-electron chi connectivity index (χ0n) is 23.5. The van der Waals surface area contributed by atoms with E-state index in [-0.39, 0.29) is 0 Å². The molecule has 6 aromatic rings. The van der Waals surface area contributed by atoms with E-state index in [1.807, 2.05) is 12.3 Å². The number of nitrogens with zero attached hydrogens (tertiary/aromatic N) is 2. The number of hydrogen-bond acceptors (Lipinski definition) is 2. The van der Waals surface area contributed by atoms with Crippen molar-refractivity contribution in [2.45, 2.75) is 0 Å². The monoisotopic (exact) mass is 568 g/mol. The lowest BCUT2D eigenvalue weighted by molar-refractivity contribution is 1.13. The van der Waals surface area contributed by atoms with E-state index >= 15 is 0 Å². The van der Waals surface area contributed by atoms with Gasteiger partial charge in [-0.25, -0.2) is 0 Å². The molecule has 0 fully saturated rings. The van der Waals surface area contributed by atoms with Gasteiger partial charge in [-0.3, -0.25) is 4.98 Å². The third-order valence-corrected chi connectivity index (χ3v) is 11.4. The van der Waals surface area contributed by atoms with E-state index < -0.39 is 15.8 Å². The van der Waals surface area contributed by atoms with E-state index in [1.165, 1.54) is 32.2 Å². The predicted octanol–water partition coefficient (Wildman–Crippen LogP) is 6.35. The maximum Gasteiger partial charge on any atom is 0.0720 e. The lowest BCUT2D eigenvalue weighted by Crippen LogP contribution is -2.22. The Bertz CT molecular complexity index is 1440. The molecule has 6 rings (SSSR count). The summed E-state index contributed by atoms with van der Waals surface area (Å²) in [6.07, 6.45) is 1.87. The van der Waals surface area contributed by atoms with Crippen LogP contribution in [0.25, 0.3) is 0 Å². The molecule has 4 heteroatoms. The molecule has 202 valence electrons. The molecule has 0 saturated heterocycles. The topological polar surface area (TPSA) is 16.1 Å². The molecule has 0 amide bonds. The van der Waals surface area contributed by atoms with E-state index in [9.17, 15) is 0 Å². The van der Waals surface area contributed by atoms with Crippen molar-refractivity contribution in [3.8, 4) is 0 Å². The van der Waals surface area contributed by atoms with Gasteiger partial charge in [0.25, 0.3) is 0 Å². The minimum absolute atomic E-state index is 0.496. The molecule has 0 atom stereocenters. The highest BCUT2D eigenvalue weighted by Crippen LogP contribution is 2.33. The SMILES string of the molecule is CN(C)c1ccc(P(c2ccccc2)c2ccccc2)cc1.c1ccc(P(c2ccccc2)c2ccccn2)cc1. The molecule has 0 saturated carbocycles. The van der Waals surface area contributed by atoms with Crippen molar-refractivity contribution in [1.82, 2.24) is 4.98 Å². The van der Waals surface area contributed by atoms with Crippen molar-refractivity contribution < 1.29 is 0 Å². The van der Waals surface area contributed by atoms with Gasteiger partial charge < -0.3 is 4.90 Å². The van der Waals surface area contributed by atoms with Gasteiger partial charge in [0.15, 0.2) is 0 Å². The molecular weight excluding hydrogens is 534 g/mol. The molecule has 0 bridgehead atoms. The van der Waals surface area contributed by atoms with Gasteiger partial charge in [0.05, 0.1) is 5.44 Å². The summed E-state index contributed by atoms with van der Waals surface area (Å²) in [7, 11) is 3.10. The van der Waals surface area contributed by atoms with E-state index in [0.717, 1.165) is 5.44 Å². The van der Waals surface area contributed by atoms with Crippen molar-refractivity contribution in [2.75, 3.05) is 19.0 Å². The number of hydrogen-bond donors (Lipinski definition) is 0. The minimum atomic E-state index is -0.557. The molecule has 0 aliphatic heterocycles. The number of anilines is 1. The Hall–Kier alpha value is -4.09. The molecule has 1 heterocycles. The lowest BCUT2D eigenvalue weighted by atomic mass is 10.3. The second-order valence-electron chi connectivity index (χ2n) is 9.61. The van der Waals surface area contributed by atoms with Crippen LogP contribution in [-0.2, 0) is 0 Å². The van der Waals surface area contributed by atoms with Crippen LogP contribution in [0.5, 0.6) is 0 Å². The van der Waals surface area contributed by atoms with Crippen LogP contribution in [0.15, 0.2) is 170 Å². The summed E-state index contributed by atoms with van der Waals surface area (Å²) in [6.45, 7) is 0. The maximum absolute atomic E-state index is 4.56. The van der Waals surface area contributed by atoms with Crippen LogP contribution in [0.3, 0.4) is 0 Å². The second kappa shape index (κ2) is 14.5. The Morgan fingerprint density at radius 2 is 0.756 bits per heavy atom. The first-order valence-corrected chi connectivity index (χ1v) is 16.4. The van der Waals surface area contributed by atoms with Gasteiger partial charge in [0.2, 0.25) is 0 Å². The van der Waals surface area contributed by atoms with Gasteiger partial charge in [-0.1, -0.05) is 140 Å². The van der Waals surface area contributed by atoms with Gasteiger partial charge in [-0.2, -0.15) is 0 Å². The van der Waals surface area contributed by atoms with Crippen LogP contribution in [-0.4, -0.2) is 19.1 Å². The van der Waals surface area contributed by atoms with Crippen LogP contribution in [0.2, 0.25) is 0 Å². The Kier molecular flexibility index (Phi) is 10.1. The van der Waals surface area contributed by atoms with Gasteiger partial charge in [-0.15, -0.1) is 0 Å². The highest BCUT2D eigenvalue weighted by atomic mass is 31.1. The first-order valence-electron chi connectivity index (χ1n) is 13.7. The highest BCUT2D eigenvalue weighted by molar-refractivity contribution is 7.80. The first kappa shape index (κ1) is 28.4. The van der Waals surface area contributed by atoms with E-state index in [1.54, 1.807) is 0 Å². The van der Waals surface area contributed by atoms with Gasteiger partial charge >= 0.3 is 0 Å². The molecule has 0 aliphatic carbocycles. The van der Waals surface area contributed by atoms with Crippen LogP contribution in [0, 0.1) is 0 Å². The molecule has 0 N–H and O–H groups in total. The van der Waals surface area contributed by atoms with Gasteiger partial charge in [0.1, 0.15) is 0 Å². The zero-order valence-corrected chi connectivity index (χ0v) is 25.2. The molecule has 0 spiro atoms. The van der Waals surface area contributed by atoms with Crippen LogP contribution < -0.4 is 36.9 Å². The Labute approximate surface area is 246 Å². The number of benzene rings is 5. The highest BCUT2D eigenvalue weighted by Gasteiger charge is 2.17. The predicted molar refractivity (Wildman–Crippen MR) is 182 cm³/mol. The van der Waals surface area contributed by atoms with Crippen molar-refractivity contribution >= 4 is 53.5 Å². The Morgan fingerprint density at radius 1 is 0.390 bits per heavy atom. The molecule has 0 unspecified atom stereocenters. The summed E-state index contributed by atoms with van der Waals surface area (Å²) in [5.74, 6) is 0. The molecule has 1 aromatic heterocycles. The number of pyridine rings is 1. The first-order chi connectivity index (χ1) is 20.2. The summed E-state index contributed by atoms with van der Waals surface area (Å²) in [5, 5.41) is 6.84. The van der Waals surface area contributed by atoms with Crippen molar-refractivity contribution in [2.24, 2.45) is 0 Å². The molecule has 0 radical (unpaired) electrons. The quantitative estimate of drug-likeness (QED) is 0.209. The van der Waals surface area contributed by atoms with Crippen molar-refractivity contribution in [3.63, 3.8) is 0 Å². The standard InChI is InChI=1S/C20H20NP.C17H14NP/c1-21(2)17-13-15-20(16-14-17)22(18-9-5-3-6-10-18)19-11-7-4-8-12-19;1-3-9-15(10-4-1)19(16-11-5-2-6-12-16)17-13-7-8-14-18-17/h3-16H,1-2H3;1-14H. The maximum atomic E-state index is 4.56. The molecule has 0 aliphatic rings. The summed E-state index contributed by atoms with van der Waals surface area (Å²) in [4.78, 5) is 6.70. The summed E-state index contributed by atoms with van der Waals surface area (Å²) >= 11 is 0. The van der Waals surface area contributed by atoms with E-state index in [2.05, 4.69) is 182 Å². The van der Waals surface area contributed by atoms with Crippen molar-refractivity contribution in [1.29, 1.82) is 0 Å². The molecular formula is C37H34N2P2. The summed E-state index contributed by atoms with van der Waals surface area (Å²) < 4.78 is 0. The third-order valence-electron chi connectivity index (χ3n) is 6.56. The van der Waals surface area contributed by atoms with Gasteiger partial charge in [0, 0.05) is 33.9 Å². The van der Waals surface area contributed by atoms with E-state index in [4.69, 9.17) is 0 Å². The molecule has 2 nitrogen and oxygen atoms in total. The normalized spacial score (nSPS) is 10.6. The van der Waals surface area contributed by atoms with Gasteiger partial charge in [-0.05, 0) is 58.7 Å². The third kappa shape index (κ3) is 7.56. The van der Waals surface area contributed by atoms with E-state index in [0.29, 0.717) is 0 Å². The minimum Gasteiger partial charge on any atom is -0.378 e. The second-order valence-corrected chi connectivity index (χ2v) is 14.0. The Balaban J connectivity index is 0.000000166. The fourth-order valence-electron chi connectivity index (χ4n) is 4.55.